The third-order valence-corrected chi connectivity index (χ3v) is 6.75. The topological polar surface area (TPSA) is 35.5 Å². The first-order chi connectivity index (χ1) is 17.1. The molecule has 0 aliphatic heterocycles. The lowest BCUT2D eigenvalue weighted by atomic mass is 10.1. The molecule has 0 heterocycles. The average Bonchev–Trinajstić information content (AvgIpc) is 2.87. The van der Waals surface area contributed by atoms with E-state index in [4.69, 9.17) is 9.47 Å². The first-order valence-electron chi connectivity index (χ1n) is 14.2. The van der Waals surface area contributed by atoms with Crippen molar-refractivity contribution in [1.82, 2.24) is 0 Å². The minimum Gasteiger partial charge on any atom is -0.494 e. The molecule has 0 bridgehead atoms. The molecule has 0 radical (unpaired) electrons. The summed E-state index contributed by atoms with van der Waals surface area (Å²) in [5.74, 6) is 1.71. The summed E-state index contributed by atoms with van der Waals surface area (Å²) in [4.78, 5) is 12.0. The minimum atomic E-state index is -0.165. The molecule has 2 aromatic rings. The van der Waals surface area contributed by atoms with E-state index in [0.29, 0.717) is 18.1 Å². The fraction of sp³-hybridized carbons (Fsp3) is 0.594. The maximum absolute atomic E-state index is 12.0. The Hall–Kier alpha value is -2.29. The van der Waals surface area contributed by atoms with Gasteiger partial charge in [0.15, 0.2) is 0 Å². The smallest absolute Gasteiger partial charge is 0.311 e. The van der Waals surface area contributed by atoms with Gasteiger partial charge >= 0.3 is 5.97 Å². The lowest BCUT2D eigenvalue weighted by Crippen LogP contribution is -2.11. The molecule has 0 N–H and O–H groups in total. The Morgan fingerprint density at radius 1 is 0.657 bits per heavy atom. The van der Waals surface area contributed by atoms with Crippen LogP contribution in [0.3, 0.4) is 0 Å². The predicted octanol–water partition coefficient (Wildman–Crippen LogP) is 9.78. The number of benzene rings is 2. The Morgan fingerprint density at radius 3 is 1.60 bits per heavy atom. The van der Waals surface area contributed by atoms with Crippen molar-refractivity contribution in [3.8, 4) is 22.6 Å². The second-order valence-corrected chi connectivity index (χ2v) is 9.98. The first-order valence-corrected chi connectivity index (χ1v) is 14.2. The molecule has 0 amide bonds. The first kappa shape index (κ1) is 28.9. The van der Waals surface area contributed by atoms with Crippen LogP contribution in [0.4, 0.5) is 0 Å². The summed E-state index contributed by atoms with van der Waals surface area (Å²) in [6, 6.07) is 16.0. The average molecular weight is 481 g/mol. The molecule has 0 aliphatic rings. The zero-order valence-electron chi connectivity index (χ0n) is 22.5. The quantitative estimate of drug-likeness (QED) is 0.114. The van der Waals surface area contributed by atoms with Gasteiger partial charge in [-0.05, 0) is 47.7 Å². The number of carbonyl (C=O) groups is 1. The number of hydrogen-bond donors (Lipinski definition) is 0. The van der Waals surface area contributed by atoms with E-state index < -0.39 is 0 Å². The summed E-state index contributed by atoms with van der Waals surface area (Å²) in [6.45, 7) is 7.21. The number of hydrogen-bond acceptors (Lipinski definition) is 3. The Kier molecular flexibility index (Phi) is 14.9. The molecule has 2 rings (SSSR count). The van der Waals surface area contributed by atoms with Crippen molar-refractivity contribution < 1.29 is 14.3 Å². The molecule has 3 nitrogen and oxygen atoms in total. The highest BCUT2D eigenvalue weighted by atomic mass is 16.5. The Labute approximate surface area is 214 Å². The molecule has 0 fully saturated rings. The highest BCUT2D eigenvalue weighted by Crippen LogP contribution is 2.25. The molecule has 0 aromatic heterocycles. The predicted molar refractivity (Wildman–Crippen MR) is 148 cm³/mol. The maximum atomic E-state index is 12.0. The molecule has 1 unspecified atom stereocenters. The van der Waals surface area contributed by atoms with Crippen LogP contribution in [0.2, 0.25) is 0 Å². The van der Waals surface area contributed by atoms with Crippen LogP contribution < -0.4 is 9.47 Å². The van der Waals surface area contributed by atoms with E-state index in [1.165, 1.54) is 70.6 Å². The van der Waals surface area contributed by atoms with Gasteiger partial charge in [0.05, 0.1) is 6.61 Å². The second-order valence-electron chi connectivity index (χ2n) is 9.98. The fourth-order valence-electron chi connectivity index (χ4n) is 4.19. The van der Waals surface area contributed by atoms with E-state index in [1.807, 2.05) is 36.4 Å². The number of ether oxygens (including phenoxy) is 2. The van der Waals surface area contributed by atoms with Crippen molar-refractivity contribution in [2.45, 2.75) is 111 Å². The third-order valence-electron chi connectivity index (χ3n) is 6.75. The molecular formula is C32H48O3. The molecule has 0 spiro atoms. The van der Waals surface area contributed by atoms with E-state index in [1.54, 1.807) is 0 Å². The van der Waals surface area contributed by atoms with Gasteiger partial charge in [-0.3, -0.25) is 4.79 Å². The van der Waals surface area contributed by atoms with Gasteiger partial charge in [-0.1, -0.05) is 122 Å². The van der Waals surface area contributed by atoms with Gasteiger partial charge in [0.2, 0.25) is 0 Å². The van der Waals surface area contributed by atoms with Crippen LogP contribution in [0.5, 0.6) is 11.5 Å². The zero-order chi connectivity index (χ0) is 25.1. The van der Waals surface area contributed by atoms with Crippen molar-refractivity contribution in [3.63, 3.8) is 0 Å². The van der Waals surface area contributed by atoms with Gasteiger partial charge in [-0.25, -0.2) is 0 Å². The Balaban J connectivity index is 1.57. The van der Waals surface area contributed by atoms with Crippen molar-refractivity contribution in [3.05, 3.63) is 48.5 Å². The van der Waals surface area contributed by atoms with E-state index in [9.17, 15) is 4.79 Å². The molecule has 35 heavy (non-hydrogen) atoms. The van der Waals surface area contributed by atoms with Gasteiger partial charge in [0, 0.05) is 6.42 Å². The Bertz CT molecular complexity index is 795. The van der Waals surface area contributed by atoms with Crippen LogP contribution in [-0.2, 0) is 4.79 Å². The summed E-state index contributed by atoms with van der Waals surface area (Å²) in [5.41, 5.74) is 2.22. The van der Waals surface area contributed by atoms with Crippen molar-refractivity contribution in [2.24, 2.45) is 5.92 Å². The van der Waals surface area contributed by atoms with Crippen LogP contribution in [0, 0.1) is 5.92 Å². The largest absolute Gasteiger partial charge is 0.494 e. The monoisotopic (exact) mass is 480 g/mol. The summed E-state index contributed by atoms with van der Waals surface area (Å²) in [7, 11) is 0. The fourth-order valence-corrected chi connectivity index (χ4v) is 4.19. The highest BCUT2D eigenvalue weighted by molar-refractivity contribution is 5.73. The molecule has 0 aliphatic carbocycles. The molecule has 0 saturated carbocycles. The summed E-state index contributed by atoms with van der Waals surface area (Å²) >= 11 is 0. The molecule has 194 valence electrons. The van der Waals surface area contributed by atoms with Gasteiger partial charge in [-0.15, -0.1) is 0 Å². The molecular weight excluding hydrogens is 432 g/mol. The molecule has 3 heteroatoms. The van der Waals surface area contributed by atoms with E-state index in [-0.39, 0.29) is 5.97 Å². The maximum Gasteiger partial charge on any atom is 0.311 e. The molecule has 2 aromatic carbocycles. The normalized spacial score (nSPS) is 11.9. The van der Waals surface area contributed by atoms with Crippen LogP contribution in [0.1, 0.15) is 111 Å². The van der Waals surface area contributed by atoms with Crippen molar-refractivity contribution in [2.75, 3.05) is 6.61 Å². The van der Waals surface area contributed by atoms with Gasteiger partial charge in [0.1, 0.15) is 11.5 Å². The summed E-state index contributed by atoms with van der Waals surface area (Å²) < 4.78 is 11.4. The van der Waals surface area contributed by atoms with Gasteiger partial charge in [-0.2, -0.15) is 0 Å². The number of carbonyl (C=O) groups excluding carboxylic acids is 1. The van der Waals surface area contributed by atoms with E-state index in [0.717, 1.165) is 36.3 Å². The highest BCUT2D eigenvalue weighted by Gasteiger charge is 2.10. The van der Waals surface area contributed by atoms with Crippen LogP contribution in [-0.4, -0.2) is 12.6 Å². The van der Waals surface area contributed by atoms with Crippen molar-refractivity contribution >= 4 is 5.97 Å². The van der Waals surface area contributed by atoms with E-state index in [2.05, 4.69) is 32.9 Å². The zero-order valence-corrected chi connectivity index (χ0v) is 22.5. The number of unbranched alkanes of at least 4 members (excludes halogenated alkanes) is 11. The van der Waals surface area contributed by atoms with Gasteiger partial charge < -0.3 is 9.47 Å². The van der Waals surface area contributed by atoms with Crippen LogP contribution >= 0.6 is 0 Å². The SMILES string of the molecule is CCCCCCCCCCCCCCOc1ccc(-c2ccc(OC(=O)CC(C)CC)cc2)cc1. The van der Waals surface area contributed by atoms with Crippen molar-refractivity contribution in [1.29, 1.82) is 0 Å². The van der Waals surface area contributed by atoms with E-state index >= 15 is 0 Å². The summed E-state index contributed by atoms with van der Waals surface area (Å²) in [5, 5.41) is 0. The third kappa shape index (κ3) is 12.8. The minimum absolute atomic E-state index is 0.165. The molecule has 0 saturated heterocycles. The van der Waals surface area contributed by atoms with Gasteiger partial charge in [0.25, 0.3) is 0 Å². The summed E-state index contributed by atoms with van der Waals surface area (Å²) in [6.07, 6.45) is 17.7. The molecule has 1 atom stereocenters. The standard InChI is InChI=1S/C32H48O3/c1-4-6-7-8-9-10-11-12-13-14-15-16-25-34-30-21-17-28(18-22-30)29-19-23-31(24-20-29)35-32(33)26-27(3)5-2/h17-24,27H,4-16,25-26H2,1-3H3. The van der Waals surface area contributed by atoms with Crippen LogP contribution in [0.25, 0.3) is 11.1 Å². The lowest BCUT2D eigenvalue weighted by Gasteiger charge is -2.10. The number of rotatable bonds is 19. The Morgan fingerprint density at radius 2 is 1.11 bits per heavy atom. The lowest BCUT2D eigenvalue weighted by molar-refractivity contribution is -0.135. The second kappa shape index (κ2) is 18.0. The van der Waals surface area contributed by atoms with Crippen LogP contribution in [0.15, 0.2) is 48.5 Å². The number of esters is 1.